The van der Waals surface area contributed by atoms with Gasteiger partial charge in [-0.2, -0.15) is 14.6 Å². The van der Waals surface area contributed by atoms with Gasteiger partial charge in [0.05, 0.1) is 4.90 Å². The summed E-state index contributed by atoms with van der Waals surface area (Å²) in [4.78, 5) is 8.01. The van der Waals surface area contributed by atoms with E-state index in [9.17, 15) is 8.42 Å². The van der Waals surface area contributed by atoms with Crippen molar-refractivity contribution in [2.75, 3.05) is 10.5 Å². The van der Waals surface area contributed by atoms with Gasteiger partial charge < -0.3 is 5.73 Å². The van der Waals surface area contributed by atoms with E-state index in [-0.39, 0.29) is 16.7 Å². The molecule has 0 saturated heterocycles. The molecular formula is C11H10N6O2S. The second-order valence-electron chi connectivity index (χ2n) is 3.95. The Balaban J connectivity index is 2.01. The third-order valence-corrected chi connectivity index (χ3v) is 3.96. The summed E-state index contributed by atoms with van der Waals surface area (Å²) >= 11 is 0. The number of aromatic nitrogens is 4. The average molecular weight is 290 g/mol. The van der Waals surface area contributed by atoms with Crippen molar-refractivity contribution in [1.29, 1.82) is 0 Å². The summed E-state index contributed by atoms with van der Waals surface area (Å²) in [5.74, 6) is 0.137. The van der Waals surface area contributed by atoms with Crippen molar-refractivity contribution in [3.05, 3.63) is 42.7 Å². The van der Waals surface area contributed by atoms with Gasteiger partial charge in [0.25, 0.3) is 10.0 Å². The lowest BCUT2D eigenvalue weighted by atomic mass is 10.4. The number of fused-ring (bicyclic) bond motifs is 1. The molecule has 0 radical (unpaired) electrons. The summed E-state index contributed by atoms with van der Waals surface area (Å²) in [5, 5.41) is 3.85. The fraction of sp³-hybridized carbons (Fsp3) is 0. The molecule has 2 aromatic heterocycles. The Morgan fingerprint density at radius 2 is 1.95 bits per heavy atom. The van der Waals surface area contributed by atoms with E-state index in [1.54, 1.807) is 18.2 Å². The van der Waals surface area contributed by atoms with E-state index in [1.807, 2.05) is 0 Å². The third kappa shape index (κ3) is 2.14. The van der Waals surface area contributed by atoms with Crippen LogP contribution in [0.25, 0.3) is 5.65 Å². The van der Waals surface area contributed by atoms with Gasteiger partial charge in [0.2, 0.25) is 5.95 Å². The van der Waals surface area contributed by atoms with E-state index in [2.05, 4.69) is 19.8 Å². The van der Waals surface area contributed by atoms with E-state index in [0.29, 0.717) is 5.65 Å². The smallest absolute Gasteiger partial charge is 0.263 e. The van der Waals surface area contributed by atoms with Crippen LogP contribution in [0.4, 0.5) is 11.8 Å². The Morgan fingerprint density at radius 1 is 1.20 bits per heavy atom. The predicted molar refractivity (Wildman–Crippen MR) is 72.4 cm³/mol. The van der Waals surface area contributed by atoms with Gasteiger partial charge in [-0.15, -0.1) is 0 Å². The van der Waals surface area contributed by atoms with Crippen molar-refractivity contribution in [3.8, 4) is 0 Å². The molecule has 0 amide bonds. The fourth-order valence-corrected chi connectivity index (χ4v) is 2.71. The van der Waals surface area contributed by atoms with Crippen LogP contribution in [-0.4, -0.2) is 28.0 Å². The zero-order valence-corrected chi connectivity index (χ0v) is 10.9. The number of nitrogens with one attached hydrogen (secondary N) is 1. The first-order valence-electron chi connectivity index (χ1n) is 5.60. The quantitative estimate of drug-likeness (QED) is 0.726. The van der Waals surface area contributed by atoms with Gasteiger partial charge in [-0.3, -0.25) is 4.72 Å². The summed E-state index contributed by atoms with van der Waals surface area (Å²) < 4.78 is 28.0. The summed E-state index contributed by atoms with van der Waals surface area (Å²) in [5.41, 5.74) is 6.08. The van der Waals surface area contributed by atoms with Gasteiger partial charge >= 0.3 is 0 Å². The molecule has 3 rings (SSSR count). The predicted octanol–water partition coefficient (Wildman–Crippen LogP) is 0.507. The number of nitrogen functional groups attached to an aromatic ring is 1. The standard InChI is InChI=1S/C11H10N6O2S/c12-11-15-9(6-10-13-7-14-17(10)11)16-20(18,19)8-4-2-1-3-5-8/h1-7,16H,(H2,12,15). The summed E-state index contributed by atoms with van der Waals surface area (Å²) in [6.07, 6.45) is 1.31. The van der Waals surface area contributed by atoms with Crippen molar-refractivity contribution >= 4 is 27.4 Å². The number of benzene rings is 1. The van der Waals surface area contributed by atoms with E-state index < -0.39 is 10.0 Å². The molecule has 102 valence electrons. The Morgan fingerprint density at radius 3 is 2.70 bits per heavy atom. The summed E-state index contributed by atoms with van der Waals surface area (Å²) in [7, 11) is -3.71. The highest BCUT2D eigenvalue weighted by Gasteiger charge is 2.15. The number of hydrogen-bond donors (Lipinski definition) is 2. The number of hydrogen-bond acceptors (Lipinski definition) is 6. The number of sulfonamides is 1. The van der Waals surface area contributed by atoms with E-state index in [4.69, 9.17) is 5.73 Å². The largest absolute Gasteiger partial charge is 0.368 e. The van der Waals surface area contributed by atoms with Crippen LogP contribution in [0.5, 0.6) is 0 Å². The number of nitrogens with zero attached hydrogens (tertiary/aromatic N) is 4. The van der Waals surface area contributed by atoms with Gasteiger partial charge in [-0.25, -0.2) is 13.4 Å². The zero-order valence-electron chi connectivity index (χ0n) is 10.1. The Bertz CT molecular complexity index is 859. The highest BCUT2D eigenvalue weighted by molar-refractivity contribution is 7.92. The summed E-state index contributed by atoms with van der Waals surface area (Å²) in [6.45, 7) is 0. The first kappa shape index (κ1) is 12.4. The van der Waals surface area contributed by atoms with E-state index in [0.717, 1.165) is 0 Å². The molecule has 0 unspecified atom stereocenters. The second-order valence-corrected chi connectivity index (χ2v) is 5.63. The van der Waals surface area contributed by atoms with Crippen LogP contribution in [0.3, 0.4) is 0 Å². The van der Waals surface area contributed by atoms with Crippen LogP contribution in [0, 0.1) is 0 Å². The molecule has 0 saturated carbocycles. The molecule has 0 aliphatic rings. The van der Waals surface area contributed by atoms with Gasteiger partial charge in [0, 0.05) is 6.07 Å². The maximum Gasteiger partial charge on any atom is 0.263 e. The lowest BCUT2D eigenvalue weighted by Gasteiger charge is -2.08. The molecule has 0 aliphatic carbocycles. The molecule has 0 spiro atoms. The van der Waals surface area contributed by atoms with Crippen LogP contribution in [-0.2, 0) is 10.0 Å². The highest BCUT2D eigenvalue weighted by Crippen LogP contribution is 2.16. The Kier molecular flexibility index (Phi) is 2.75. The molecule has 0 bridgehead atoms. The normalized spacial score (nSPS) is 11.6. The summed E-state index contributed by atoms with van der Waals surface area (Å²) in [6, 6.07) is 9.43. The Labute approximate surface area is 114 Å². The van der Waals surface area contributed by atoms with E-state index >= 15 is 0 Å². The number of anilines is 2. The van der Waals surface area contributed by atoms with Crippen molar-refractivity contribution in [2.24, 2.45) is 0 Å². The molecule has 3 aromatic rings. The van der Waals surface area contributed by atoms with Gasteiger partial charge in [0.1, 0.15) is 12.1 Å². The highest BCUT2D eigenvalue weighted by atomic mass is 32.2. The zero-order chi connectivity index (χ0) is 14.2. The maximum atomic E-state index is 12.2. The van der Waals surface area contributed by atoms with Gasteiger partial charge in [-0.1, -0.05) is 18.2 Å². The lowest BCUT2D eigenvalue weighted by molar-refractivity contribution is 0.601. The van der Waals surface area contributed by atoms with Crippen molar-refractivity contribution in [1.82, 2.24) is 19.6 Å². The maximum absolute atomic E-state index is 12.2. The van der Waals surface area contributed by atoms with Crippen LogP contribution in [0.2, 0.25) is 0 Å². The van der Waals surface area contributed by atoms with Crippen LogP contribution in [0.15, 0.2) is 47.6 Å². The molecule has 8 nitrogen and oxygen atoms in total. The first-order valence-corrected chi connectivity index (χ1v) is 7.09. The lowest BCUT2D eigenvalue weighted by Crippen LogP contribution is -2.15. The molecule has 20 heavy (non-hydrogen) atoms. The van der Waals surface area contributed by atoms with Crippen molar-refractivity contribution in [2.45, 2.75) is 4.90 Å². The van der Waals surface area contributed by atoms with E-state index in [1.165, 1.54) is 29.0 Å². The number of rotatable bonds is 3. The SMILES string of the molecule is Nc1nc(NS(=O)(=O)c2ccccc2)cc2ncnn12. The topological polar surface area (TPSA) is 115 Å². The molecule has 0 fully saturated rings. The minimum Gasteiger partial charge on any atom is -0.368 e. The van der Waals surface area contributed by atoms with Crippen LogP contribution < -0.4 is 10.5 Å². The molecule has 0 atom stereocenters. The molecule has 3 N–H and O–H groups in total. The molecule has 9 heteroatoms. The van der Waals surface area contributed by atoms with Crippen LogP contribution in [0.1, 0.15) is 0 Å². The minimum atomic E-state index is -3.71. The van der Waals surface area contributed by atoms with Crippen LogP contribution >= 0.6 is 0 Å². The molecule has 2 heterocycles. The van der Waals surface area contributed by atoms with Crippen molar-refractivity contribution < 1.29 is 8.42 Å². The first-order chi connectivity index (χ1) is 9.56. The molecule has 1 aromatic carbocycles. The fourth-order valence-electron chi connectivity index (χ4n) is 1.70. The number of nitrogens with two attached hydrogens (primary N) is 1. The second kappa shape index (κ2) is 4.46. The molecule has 0 aliphatic heterocycles. The molecular weight excluding hydrogens is 280 g/mol. The van der Waals surface area contributed by atoms with Crippen molar-refractivity contribution in [3.63, 3.8) is 0 Å². The van der Waals surface area contributed by atoms with Gasteiger partial charge in [-0.05, 0) is 12.1 Å². The van der Waals surface area contributed by atoms with Gasteiger partial charge in [0.15, 0.2) is 5.65 Å². The third-order valence-electron chi connectivity index (χ3n) is 2.58. The Hall–Kier alpha value is -2.68. The monoisotopic (exact) mass is 290 g/mol. The average Bonchev–Trinajstić information content (AvgIpc) is 2.88. The minimum absolute atomic E-state index is 0.0470.